The Bertz CT molecular complexity index is 726. The predicted octanol–water partition coefficient (Wildman–Crippen LogP) is 4.06. The number of halogens is 2. The highest BCUT2D eigenvalue weighted by atomic mass is 79.9. The highest BCUT2D eigenvalue weighted by molar-refractivity contribution is 9.11. The fourth-order valence-electron chi connectivity index (χ4n) is 3.01. The second-order valence-corrected chi connectivity index (χ2v) is 7.30. The molecule has 0 bridgehead atoms. The predicted molar refractivity (Wildman–Crippen MR) is 96.3 cm³/mol. The number of rotatable bonds is 3. The summed E-state index contributed by atoms with van der Waals surface area (Å²) < 4.78 is 7.13. The molecule has 0 saturated heterocycles. The third-order valence-electron chi connectivity index (χ3n) is 4.10. The summed E-state index contributed by atoms with van der Waals surface area (Å²) in [4.78, 5) is 0. The Morgan fingerprint density at radius 1 is 1.13 bits per heavy atom. The molecule has 0 spiro atoms. The van der Waals surface area contributed by atoms with Crippen molar-refractivity contribution in [1.29, 1.82) is 0 Å². The molecule has 1 heterocycles. The first kappa shape index (κ1) is 16.6. The van der Waals surface area contributed by atoms with E-state index in [9.17, 15) is 10.2 Å². The Morgan fingerprint density at radius 3 is 2.43 bits per heavy atom. The zero-order valence-corrected chi connectivity index (χ0v) is 15.7. The van der Waals surface area contributed by atoms with Crippen molar-refractivity contribution in [1.82, 2.24) is 5.32 Å². The lowest BCUT2D eigenvalue weighted by atomic mass is 9.90. The monoisotopic (exact) mass is 441 g/mol. The number of nitrogens with one attached hydrogen (secondary N) is 1. The molecule has 6 heteroatoms. The van der Waals surface area contributed by atoms with E-state index in [0.29, 0.717) is 0 Å². The molecular formula is C17H17Br2NO3. The zero-order chi connectivity index (χ0) is 16.6. The summed E-state index contributed by atoms with van der Waals surface area (Å²) in [5.74, 6) is 0.641. The van der Waals surface area contributed by atoms with Gasteiger partial charge in [0.25, 0.3) is 0 Å². The van der Waals surface area contributed by atoms with Crippen LogP contribution in [0.15, 0.2) is 33.2 Å². The standard InChI is InChI=1S/C17H17Br2NO3/c1-23-17-12(18)4-9(5-13(17)19)6-14-11-8-16(22)15(21)7-10(11)2-3-20-14/h4-5,7-8,14,20-22H,2-3,6H2,1H3/t14-/m1/s1. The van der Waals surface area contributed by atoms with Crippen molar-refractivity contribution in [2.45, 2.75) is 18.9 Å². The molecule has 1 atom stereocenters. The van der Waals surface area contributed by atoms with Gasteiger partial charge in [0.2, 0.25) is 0 Å². The van der Waals surface area contributed by atoms with Crippen LogP contribution in [0.1, 0.15) is 22.7 Å². The number of methoxy groups -OCH3 is 1. The van der Waals surface area contributed by atoms with E-state index in [1.807, 2.05) is 12.1 Å². The van der Waals surface area contributed by atoms with Crippen LogP contribution in [0.2, 0.25) is 0 Å². The number of aromatic hydroxyl groups is 2. The summed E-state index contributed by atoms with van der Waals surface area (Å²) in [6.07, 6.45) is 1.62. The highest BCUT2D eigenvalue weighted by Gasteiger charge is 2.22. The second kappa shape index (κ2) is 6.71. The summed E-state index contributed by atoms with van der Waals surface area (Å²) >= 11 is 7.05. The van der Waals surface area contributed by atoms with Crippen molar-refractivity contribution in [3.05, 3.63) is 49.9 Å². The van der Waals surface area contributed by atoms with E-state index in [1.54, 1.807) is 19.2 Å². The average molecular weight is 443 g/mol. The number of ether oxygens (including phenoxy) is 1. The molecule has 0 fully saturated rings. The fraction of sp³-hybridized carbons (Fsp3) is 0.294. The first-order chi connectivity index (χ1) is 11.0. The van der Waals surface area contributed by atoms with Gasteiger partial charge in [-0.2, -0.15) is 0 Å². The Kier molecular flexibility index (Phi) is 4.85. The van der Waals surface area contributed by atoms with Gasteiger partial charge >= 0.3 is 0 Å². The average Bonchev–Trinajstić information content (AvgIpc) is 2.49. The van der Waals surface area contributed by atoms with Gasteiger partial charge in [-0.15, -0.1) is 0 Å². The summed E-state index contributed by atoms with van der Waals surface area (Å²) in [5, 5.41) is 23.0. The fourth-order valence-corrected chi connectivity index (χ4v) is 4.62. The van der Waals surface area contributed by atoms with Gasteiger partial charge in [-0.25, -0.2) is 0 Å². The summed E-state index contributed by atoms with van der Waals surface area (Å²) in [7, 11) is 1.64. The number of phenols is 2. The van der Waals surface area contributed by atoms with Gasteiger partial charge in [0.1, 0.15) is 5.75 Å². The molecule has 4 nitrogen and oxygen atoms in total. The van der Waals surface area contributed by atoms with E-state index in [0.717, 1.165) is 50.8 Å². The molecule has 122 valence electrons. The van der Waals surface area contributed by atoms with Crippen molar-refractivity contribution < 1.29 is 14.9 Å². The van der Waals surface area contributed by atoms with Gasteiger partial charge in [0.05, 0.1) is 16.1 Å². The molecule has 0 radical (unpaired) electrons. The topological polar surface area (TPSA) is 61.7 Å². The van der Waals surface area contributed by atoms with Crippen molar-refractivity contribution in [3.8, 4) is 17.2 Å². The highest BCUT2D eigenvalue weighted by Crippen LogP contribution is 2.38. The molecule has 1 aliphatic rings. The number of fused-ring (bicyclic) bond motifs is 1. The van der Waals surface area contributed by atoms with Gasteiger partial charge in [0.15, 0.2) is 11.5 Å². The molecule has 2 aromatic carbocycles. The molecule has 0 aromatic heterocycles. The van der Waals surface area contributed by atoms with Crippen LogP contribution in [0.25, 0.3) is 0 Å². The first-order valence-electron chi connectivity index (χ1n) is 7.29. The van der Waals surface area contributed by atoms with Crippen LogP contribution in [0, 0.1) is 0 Å². The maximum atomic E-state index is 9.81. The lowest BCUT2D eigenvalue weighted by Gasteiger charge is -2.27. The summed E-state index contributed by atoms with van der Waals surface area (Å²) in [6, 6.07) is 7.50. The van der Waals surface area contributed by atoms with Crippen LogP contribution >= 0.6 is 31.9 Å². The molecule has 0 unspecified atom stereocenters. The molecule has 2 aromatic rings. The van der Waals surface area contributed by atoms with Gasteiger partial charge in [0, 0.05) is 6.04 Å². The van der Waals surface area contributed by atoms with Crippen LogP contribution < -0.4 is 10.1 Å². The Labute approximate surface area is 151 Å². The smallest absolute Gasteiger partial charge is 0.157 e. The van der Waals surface area contributed by atoms with E-state index in [1.165, 1.54) is 0 Å². The minimum Gasteiger partial charge on any atom is -0.504 e. The lowest BCUT2D eigenvalue weighted by molar-refractivity contribution is 0.398. The van der Waals surface area contributed by atoms with Crippen molar-refractivity contribution in [3.63, 3.8) is 0 Å². The van der Waals surface area contributed by atoms with Crippen molar-refractivity contribution in [2.24, 2.45) is 0 Å². The second-order valence-electron chi connectivity index (χ2n) is 5.59. The van der Waals surface area contributed by atoms with Crippen molar-refractivity contribution >= 4 is 31.9 Å². The quantitative estimate of drug-likeness (QED) is 0.627. The maximum absolute atomic E-state index is 9.81. The van der Waals surface area contributed by atoms with Gasteiger partial charge < -0.3 is 20.3 Å². The SMILES string of the molecule is COc1c(Br)cc(C[C@H]2NCCc3cc(O)c(O)cc32)cc1Br. The third-order valence-corrected chi connectivity index (χ3v) is 5.28. The molecule has 1 aliphatic heterocycles. The van der Waals surface area contributed by atoms with E-state index in [-0.39, 0.29) is 17.5 Å². The van der Waals surface area contributed by atoms with Gasteiger partial charge in [-0.05, 0) is 92.2 Å². The molecule has 3 N–H and O–H groups in total. The first-order valence-corrected chi connectivity index (χ1v) is 8.88. The van der Waals surface area contributed by atoms with E-state index < -0.39 is 0 Å². The van der Waals surface area contributed by atoms with Crippen LogP contribution in [-0.2, 0) is 12.8 Å². The Balaban J connectivity index is 1.92. The van der Waals surface area contributed by atoms with Crippen molar-refractivity contribution in [2.75, 3.05) is 13.7 Å². The largest absolute Gasteiger partial charge is 0.504 e. The molecule has 0 saturated carbocycles. The Hall–Kier alpha value is -1.24. The molecule has 0 amide bonds. The molecular weight excluding hydrogens is 426 g/mol. The summed E-state index contributed by atoms with van der Waals surface area (Å²) in [6.45, 7) is 0.848. The van der Waals surface area contributed by atoms with E-state index in [4.69, 9.17) is 4.74 Å². The normalized spacial score (nSPS) is 16.9. The molecule has 3 rings (SSSR count). The van der Waals surface area contributed by atoms with E-state index in [2.05, 4.69) is 37.2 Å². The van der Waals surface area contributed by atoms with Crippen LogP contribution in [0.3, 0.4) is 0 Å². The molecule has 0 aliphatic carbocycles. The number of benzene rings is 2. The minimum atomic E-state index is -0.0745. The summed E-state index contributed by atoms with van der Waals surface area (Å²) in [5.41, 5.74) is 3.26. The number of phenolic OH excluding ortho intramolecular Hbond substituents is 2. The van der Waals surface area contributed by atoms with Gasteiger partial charge in [-0.1, -0.05) is 0 Å². The van der Waals surface area contributed by atoms with Crippen LogP contribution in [-0.4, -0.2) is 23.9 Å². The third kappa shape index (κ3) is 3.34. The van der Waals surface area contributed by atoms with E-state index >= 15 is 0 Å². The number of hydrogen-bond donors (Lipinski definition) is 3. The van der Waals surface area contributed by atoms with Crippen LogP contribution in [0.4, 0.5) is 0 Å². The Morgan fingerprint density at radius 2 is 1.78 bits per heavy atom. The zero-order valence-electron chi connectivity index (χ0n) is 12.6. The maximum Gasteiger partial charge on any atom is 0.157 e. The lowest BCUT2D eigenvalue weighted by Crippen LogP contribution is -2.31. The number of hydrogen-bond acceptors (Lipinski definition) is 4. The van der Waals surface area contributed by atoms with Crippen LogP contribution in [0.5, 0.6) is 17.2 Å². The minimum absolute atomic E-state index is 0.0562. The molecule has 23 heavy (non-hydrogen) atoms. The van der Waals surface area contributed by atoms with Gasteiger partial charge in [-0.3, -0.25) is 0 Å².